The number of hydrogen-bond acceptors (Lipinski definition) is 6. The molecule has 8 heteroatoms. The summed E-state index contributed by atoms with van der Waals surface area (Å²) in [7, 11) is -3.64. The van der Waals surface area contributed by atoms with Crippen molar-refractivity contribution < 1.29 is 13.2 Å². The van der Waals surface area contributed by atoms with E-state index >= 15 is 0 Å². The van der Waals surface area contributed by atoms with Gasteiger partial charge in [-0.3, -0.25) is 10.8 Å². The first-order chi connectivity index (χ1) is 8.97. The highest BCUT2D eigenvalue weighted by molar-refractivity contribution is 7.89. The molecule has 108 valence electrons. The average molecular weight is 288 g/mol. The molecule has 0 radical (unpaired) electrons. The van der Waals surface area contributed by atoms with Crippen LogP contribution in [0.25, 0.3) is 0 Å². The van der Waals surface area contributed by atoms with E-state index in [9.17, 15) is 8.42 Å². The lowest BCUT2D eigenvalue weighted by Gasteiger charge is -2.11. The SMILES string of the molecule is CC(C)COCCNS(=O)(=O)c1cnccc1NN. The lowest BCUT2D eigenvalue weighted by molar-refractivity contribution is 0.114. The van der Waals surface area contributed by atoms with Gasteiger partial charge in [-0.25, -0.2) is 13.1 Å². The molecule has 0 unspecified atom stereocenters. The molecule has 0 bridgehead atoms. The Hall–Kier alpha value is -1.22. The van der Waals surface area contributed by atoms with Gasteiger partial charge in [-0.15, -0.1) is 0 Å². The minimum atomic E-state index is -3.64. The maximum Gasteiger partial charge on any atom is 0.244 e. The van der Waals surface area contributed by atoms with Crippen LogP contribution >= 0.6 is 0 Å². The van der Waals surface area contributed by atoms with Crippen molar-refractivity contribution in [3.8, 4) is 0 Å². The molecule has 0 atom stereocenters. The molecule has 0 spiro atoms. The van der Waals surface area contributed by atoms with E-state index in [2.05, 4.69) is 15.1 Å². The van der Waals surface area contributed by atoms with Gasteiger partial charge in [0.15, 0.2) is 0 Å². The molecule has 1 rings (SSSR count). The zero-order chi connectivity index (χ0) is 14.3. The number of hydrazine groups is 1. The Balaban J connectivity index is 2.56. The number of hydrogen-bond donors (Lipinski definition) is 3. The van der Waals surface area contributed by atoms with Gasteiger partial charge in [-0.1, -0.05) is 13.8 Å². The summed E-state index contributed by atoms with van der Waals surface area (Å²) in [6.45, 7) is 5.18. The first-order valence-electron chi connectivity index (χ1n) is 5.95. The van der Waals surface area contributed by atoms with E-state index in [1.165, 1.54) is 18.5 Å². The van der Waals surface area contributed by atoms with E-state index in [0.29, 0.717) is 24.8 Å². The van der Waals surface area contributed by atoms with Crippen molar-refractivity contribution in [2.24, 2.45) is 11.8 Å². The van der Waals surface area contributed by atoms with Crippen molar-refractivity contribution >= 4 is 15.7 Å². The van der Waals surface area contributed by atoms with Gasteiger partial charge in [0.05, 0.1) is 12.3 Å². The van der Waals surface area contributed by atoms with E-state index in [1.807, 2.05) is 13.8 Å². The summed E-state index contributed by atoms with van der Waals surface area (Å²) in [6.07, 6.45) is 2.70. The molecule has 7 nitrogen and oxygen atoms in total. The number of sulfonamides is 1. The van der Waals surface area contributed by atoms with Crippen molar-refractivity contribution in [2.75, 3.05) is 25.2 Å². The molecule has 0 saturated carbocycles. The van der Waals surface area contributed by atoms with E-state index in [-0.39, 0.29) is 11.4 Å². The van der Waals surface area contributed by atoms with Crippen LogP contribution in [-0.4, -0.2) is 33.2 Å². The van der Waals surface area contributed by atoms with E-state index in [4.69, 9.17) is 10.6 Å². The minimum absolute atomic E-state index is 0.0151. The summed E-state index contributed by atoms with van der Waals surface area (Å²) in [5.41, 5.74) is 2.62. The molecule has 0 aliphatic carbocycles. The molecule has 0 fully saturated rings. The molecule has 1 heterocycles. The van der Waals surface area contributed by atoms with Crippen LogP contribution in [0.2, 0.25) is 0 Å². The second-order valence-electron chi connectivity index (χ2n) is 4.38. The first-order valence-corrected chi connectivity index (χ1v) is 7.43. The molecular weight excluding hydrogens is 268 g/mol. The largest absolute Gasteiger partial charge is 0.380 e. The maximum absolute atomic E-state index is 12.0. The number of nitrogens with two attached hydrogens (primary N) is 1. The Morgan fingerprint density at radius 2 is 2.21 bits per heavy atom. The van der Waals surface area contributed by atoms with Crippen molar-refractivity contribution in [1.29, 1.82) is 0 Å². The van der Waals surface area contributed by atoms with Crippen molar-refractivity contribution in [3.63, 3.8) is 0 Å². The highest BCUT2D eigenvalue weighted by atomic mass is 32.2. The molecule has 0 aliphatic rings. The smallest absolute Gasteiger partial charge is 0.244 e. The zero-order valence-corrected chi connectivity index (χ0v) is 11.9. The van der Waals surface area contributed by atoms with Gasteiger partial charge in [0.25, 0.3) is 0 Å². The number of aromatic nitrogens is 1. The molecule has 0 aromatic carbocycles. The van der Waals surface area contributed by atoms with Gasteiger partial charge in [-0.05, 0) is 12.0 Å². The summed E-state index contributed by atoms with van der Waals surface area (Å²) in [4.78, 5) is 3.80. The number of anilines is 1. The number of nitrogens with zero attached hydrogens (tertiary/aromatic N) is 1. The molecule has 1 aromatic heterocycles. The topological polar surface area (TPSA) is 106 Å². The van der Waals surface area contributed by atoms with Crippen molar-refractivity contribution in [1.82, 2.24) is 9.71 Å². The van der Waals surface area contributed by atoms with Gasteiger partial charge in [0.1, 0.15) is 4.90 Å². The second kappa shape index (κ2) is 7.39. The molecule has 4 N–H and O–H groups in total. The van der Waals surface area contributed by atoms with E-state index < -0.39 is 10.0 Å². The fourth-order valence-electron chi connectivity index (χ4n) is 1.36. The number of nitrogens with one attached hydrogen (secondary N) is 2. The maximum atomic E-state index is 12.0. The van der Waals surface area contributed by atoms with Gasteiger partial charge < -0.3 is 10.2 Å². The Bertz CT molecular complexity index is 490. The normalized spacial score (nSPS) is 11.8. The first kappa shape index (κ1) is 15.8. The zero-order valence-electron chi connectivity index (χ0n) is 11.1. The third-order valence-electron chi connectivity index (χ3n) is 2.22. The Morgan fingerprint density at radius 1 is 1.47 bits per heavy atom. The summed E-state index contributed by atoms with van der Waals surface area (Å²) in [5, 5.41) is 0. The molecule has 0 aliphatic heterocycles. The average Bonchev–Trinajstić information content (AvgIpc) is 2.37. The Kier molecular flexibility index (Phi) is 6.16. The molecule has 0 saturated heterocycles. The fourth-order valence-corrected chi connectivity index (χ4v) is 2.48. The van der Waals surface area contributed by atoms with Crippen molar-refractivity contribution in [3.05, 3.63) is 18.5 Å². The van der Waals surface area contributed by atoms with Crippen LogP contribution in [0, 0.1) is 5.92 Å². The van der Waals surface area contributed by atoms with Gasteiger partial charge in [0, 0.05) is 25.5 Å². The predicted molar refractivity (Wildman–Crippen MR) is 72.9 cm³/mol. The number of nitrogen functional groups attached to an aromatic ring is 1. The van der Waals surface area contributed by atoms with Crippen LogP contribution in [-0.2, 0) is 14.8 Å². The summed E-state index contributed by atoms with van der Waals surface area (Å²) < 4.78 is 31.7. The summed E-state index contributed by atoms with van der Waals surface area (Å²) >= 11 is 0. The Labute approximate surface area is 113 Å². The number of ether oxygens (including phenoxy) is 1. The molecule has 1 aromatic rings. The minimum Gasteiger partial charge on any atom is -0.380 e. The standard InChI is InChI=1S/C11H20N4O3S/c1-9(2)8-18-6-5-14-19(16,17)11-7-13-4-3-10(11)15-12/h3-4,7,9,14H,5-6,8,12H2,1-2H3,(H,13,15). The summed E-state index contributed by atoms with van der Waals surface area (Å²) in [6, 6.07) is 1.49. The predicted octanol–water partition coefficient (Wildman–Crippen LogP) is 0.318. The monoisotopic (exact) mass is 288 g/mol. The fraction of sp³-hybridized carbons (Fsp3) is 0.545. The lowest BCUT2D eigenvalue weighted by atomic mass is 10.2. The molecular formula is C11H20N4O3S. The quantitative estimate of drug-likeness (QED) is 0.361. The van der Waals surface area contributed by atoms with E-state index in [1.54, 1.807) is 0 Å². The van der Waals surface area contributed by atoms with Gasteiger partial charge >= 0.3 is 0 Å². The van der Waals surface area contributed by atoms with Gasteiger partial charge in [-0.2, -0.15) is 0 Å². The van der Waals surface area contributed by atoms with Gasteiger partial charge in [0.2, 0.25) is 10.0 Å². The second-order valence-corrected chi connectivity index (χ2v) is 6.12. The van der Waals surface area contributed by atoms with Crippen LogP contribution in [0.15, 0.2) is 23.4 Å². The van der Waals surface area contributed by atoms with Crippen LogP contribution in [0.4, 0.5) is 5.69 Å². The summed E-state index contributed by atoms with van der Waals surface area (Å²) in [5.74, 6) is 5.68. The van der Waals surface area contributed by atoms with E-state index in [0.717, 1.165) is 0 Å². The highest BCUT2D eigenvalue weighted by Crippen LogP contribution is 2.17. The number of rotatable bonds is 8. The van der Waals surface area contributed by atoms with Crippen LogP contribution in [0.3, 0.4) is 0 Å². The number of pyridine rings is 1. The Morgan fingerprint density at radius 3 is 2.84 bits per heavy atom. The van der Waals surface area contributed by atoms with Crippen LogP contribution in [0.1, 0.15) is 13.8 Å². The third-order valence-corrected chi connectivity index (χ3v) is 3.71. The van der Waals surface area contributed by atoms with Crippen molar-refractivity contribution in [2.45, 2.75) is 18.7 Å². The van der Waals surface area contributed by atoms with Crippen LogP contribution < -0.4 is 16.0 Å². The third kappa shape index (κ3) is 5.11. The molecule has 0 amide bonds. The van der Waals surface area contributed by atoms with Crippen LogP contribution in [0.5, 0.6) is 0 Å². The molecule has 19 heavy (non-hydrogen) atoms. The highest BCUT2D eigenvalue weighted by Gasteiger charge is 2.17. The lowest BCUT2D eigenvalue weighted by Crippen LogP contribution is -2.29.